The van der Waals surface area contributed by atoms with E-state index in [0.29, 0.717) is 5.17 Å². The van der Waals surface area contributed by atoms with Crippen LogP contribution in [0.1, 0.15) is 6.42 Å². The molecule has 1 N–H and O–H groups in total. The Morgan fingerprint density at radius 2 is 2.00 bits per heavy atom. The normalized spacial score (nSPS) is 22.6. The van der Waals surface area contributed by atoms with Gasteiger partial charge in [0.2, 0.25) is 11.8 Å². The lowest BCUT2D eigenvalue weighted by atomic mass is 10.2. The third-order valence-corrected chi connectivity index (χ3v) is 5.55. The van der Waals surface area contributed by atoms with Crippen LogP contribution in [0.15, 0.2) is 29.3 Å². The molecule has 1 atom stereocenters. The number of carbonyl (C=O) groups excluding carboxylic acids is 2. The number of thioether (sulfide) groups is 1. The maximum Gasteiger partial charge on any atom is 0.242 e. The molecule has 3 rings (SSSR count). The molecule has 8 heteroatoms. The number of amides is 2. The molecule has 2 fully saturated rings. The Morgan fingerprint density at radius 1 is 1.32 bits per heavy atom. The average Bonchev–Trinajstić information content (AvgIpc) is 2.91. The van der Waals surface area contributed by atoms with Crippen LogP contribution in [0.3, 0.4) is 0 Å². The number of rotatable bonds is 4. The maximum atomic E-state index is 12.2. The zero-order valence-electron chi connectivity index (χ0n) is 14.4. The molecular weight excluding hydrogens is 340 g/mol. The van der Waals surface area contributed by atoms with Crippen LogP contribution in [0.2, 0.25) is 0 Å². The number of nitrogens with one attached hydrogen (secondary N) is 1. The van der Waals surface area contributed by atoms with Crippen LogP contribution in [0, 0.1) is 0 Å². The summed E-state index contributed by atoms with van der Waals surface area (Å²) in [6.07, 6.45) is 0.137. The molecule has 2 aliphatic rings. The van der Waals surface area contributed by atoms with E-state index in [4.69, 9.17) is 4.74 Å². The largest absolute Gasteiger partial charge is 0.378 e. The predicted octanol–water partition coefficient (Wildman–Crippen LogP) is 1.41. The summed E-state index contributed by atoms with van der Waals surface area (Å²) in [4.78, 5) is 32.2. The van der Waals surface area contributed by atoms with E-state index in [1.165, 1.54) is 16.7 Å². The minimum absolute atomic E-state index is 0.0802. The van der Waals surface area contributed by atoms with Crippen molar-refractivity contribution in [1.29, 1.82) is 0 Å². The van der Waals surface area contributed by atoms with Crippen molar-refractivity contribution in [2.75, 3.05) is 50.6 Å². The predicted molar refractivity (Wildman–Crippen MR) is 100 cm³/mol. The van der Waals surface area contributed by atoms with Gasteiger partial charge in [-0.15, -0.1) is 0 Å². The second kappa shape index (κ2) is 7.88. The Morgan fingerprint density at radius 3 is 2.60 bits per heavy atom. The first-order valence-electron chi connectivity index (χ1n) is 8.22. The fourth-order valence-electron chi connectivity index (χ4n) is 2.86. The van der Waals surface area contributed by atoms with Gasteiger partial charge < -0.3 is 15.0 Å². The minimum atomic E-state index is -0.406. The van der Waals surface area contributed by atoms with Gasteiger partial charge in [0.1, 0.15) is 5.25 Å². The second-order valence-electron chi connectivity index (χ2n) is 5.91. The van der Waals surface area contributed by atoms with Gasteiger partial charge in [0.25, 0.3) is 0 Å². The van der Waals surface area contributed by atoms with Gasteiger partial charge in [-0.3, -0.25) is 19.5 Å². The first-order valence-corrected chi connectivity index (χ1v) is 9.10. The van der Waals surface area contributed by atoms with Crippen molar-refractivity contribution in [3.8, 4) is 0 Å². The summed E-state index contributed by atoms with van der Waals surface area (Å²) in [5, 5.41) is 3.11. The van der Waals surface area contributed by atoms with E-state index < -0.39 is 5.25 Å². The summed E-state index contributed by atoms with van der Waals surface area (Å²) >= 11 is 1.33. The Kier molecular flexibility index (Phi) is 5.60. The van der Waals surface area contributed by atoms with Gasteiger partial charge in [0, 0.05) is 45.0 Å². The fourth-order valence-corrected chi connectivity index (χ4v) is 3.96. The molecule has 2 saturated heterocycles. The molecule has 0 aliphatic carbocycles. The highest BCUT2D eigenvalue weighted by Gasteiger charge is 2.36. The zero-order chi connectivity index (χ0) is 17.8. The topological polar surface area (TPSA) is 74.2 Å². The molecule has 7 nitrogen and oxygen atoms in total. The van der Waals surface area contributed by atoms with Crippen LogP contribution in [-0.2, 0) is 14.3 Å². The number of hydrogen-bond donors (Lipinski definition) is 1. The van der Waals surface area contributed by atoms with E-state index in [1.807, 2.05) is 24.3 Å². The summed E-state index contributed by atoms with van der Waals surface area (Å²) in [6, 6.07) is 7.76. The van der Waals surface area contributed by atoms with E-state index in [9.17, 15) is 9.59 Å². The highest BCUT2D eigenvalue weighted by molar-refractivity contribution is 8.15. The molecule has 134 valence electrons. The average molecular weight is 362 g/mol. The van der Waals surface area contributed by atoms with E-state index >= 15 is 0 Å². The van der Waals surface area contributed by atoms with Gasteiger partial charge in [0.15, 0.2) is 5.17 Å². The molecule has 2 aliphatic heterocycles. The molecule has 2 amide bonds. The minimum Gasteiger partial charge on any atom is -0.378 e. The number of aliphatic imine (C=N–C) groups is 1. The van der Waals surface area contributed by atoms with Gasteiger partial charge in [-0.2, -0.15) is 0 Å². The summed E-state index contributed by atoms with van der Waals surface area (Å²) in [5.74, 6) is -0.251. The summed E-state index contributed by atoms with van der Waals surface area (Å²) in [6.45, 7) is 3.23. The lowest BCUT2D eigenvalue weighted by molar-refractivity contribution is -0.127. The maximum absolute atomic E-state index is 12.2. The standard InChI is InChI=1S/C17H22N4O3S/c1-18-17-20(2)16(23)14(25-17)11-15(22)19-12-3-5-13(6-4-12)21-7-9-24-10-8-21/h3-6,14H,7-11H2,1-2H3,(H,19,22)/t14-/m1/s1. The molecule has 1 aromatic rings. The molecule has 0 saturated carbocycles. The number of amidine groups is 1. The highest BCUT2D eigenvalue weighted by atomic mass is 32.2. The quantitative estimate of drug-likeness (QED) is 0.877. The Balaban J connectivity index is 1.55. The monoisotopic (exact) mass is 362 g/mol. The van der Waals surface area contributed by atoms with Gasteiger partial charge in [-0.05, 0) is 24.3 Å². The van der Waals surface area contributed by atoms with Crippen molar-refractivity contribution in [1.82, 2.24) is 4.90 Å². The SMILES string of the molecule is CN=C1S[C@H](CC(=O)Nc2ccc(N3CCOCC3)cc2)C(=O)N1C. The van der Waals surface area contributed by atoms with Gasteiger partial charge in [-0.25, -0.2) is 0 Å². The summed E-state index contributed by atoms with van der Waals surface area (Å²) in [5.41, 5.74) is 1.85. The molecule has 0 bridgehead atoms. The van der Waals surface area contributed by atoms with Crippen LogP contribution in [-0.4, -0.2) is 67.5 Å². The van der Waals surface area contributed by atoms with E-state index in [0.717, 1.165) is 37.7 Å². The van der Waals surface area contributed by atoms with Crippen LogP contribution in [0.4, 0.5) is 11.4 Å². The number of ether oxygens (including phenoxy) is 1. The van der Waals surface area contributed by atoms with Crippen molar-refractivity contribution < 1.29 is 14.3 Å². The molecule has 0 aromatic heterocycles. The number of benzene rings is 1. The Hall–Kier alpha value is -2.06. The number of morpholine rings is 1. The van der Waals surface area contributed by atoms with Crippen LogP contribution in [0.5, 0.6) is 0 Å². The number of carbonyl (C=O) groups is 2. The lowest BCUT2D eigenvalue weighted by Gasteiger charge is -2.28. The first kappa shape index (κ1) is 17.8. The van der Waals surface area contributed by atoms with Crippen molar-refractivity contribution >= 4 is 40.1 Å². The number of nitrogens with zero attached hydrogens (tertiary/aromatic N) is 3. The van der Waals surface area contributed by atoms with Crippen molar-refractivity contribution in [2.24, 2.45) is 4.99 Å². The summed E-state index contributed by atoms with van der Waals surface area (Å²) in [7, 11) is 3.32. The van der Waals surface area contributed by atoms with Gasteiger partial charge in [0.05, 0.1) is 13.2 Å². The first-order chi connectivity index (χ1) is 12.1. The van der Waals surface area contributed by atoms with E-state index in [-0.39, 0.29) is 18.2 Å². The zero-order valence-corrected chi connectivity index (χ0v) is 15.2. The van der Waals surface area contributed by atoms with E-state index in [1.54, 1.807) is 14.1 Å². The fraction of sp³-hybridized carbons (Fsp3) is 0.471. The van der Waals surface area contributed by atoms with Crippen molar-refractivity contribution in [3.05, 3.63) is 24.3 Å². The van der Waals surface area contributed by atoms with Gasteiger partial charge in [-0.1, -0.05) is 11.8 Å². The molecule has 0 spiro atoms. The molecule has 0 radical (unpaired) electrons. The van der Waals surface area contributed by atoms with Crippen molar-refractivity contribution in [3.63, 3.8) is 0 Å². The second-order valence-corrected chi connectivity index (χ2v) is 7.08. The van der Waals surface area contributed by atoms with E-state index in [2.05, 4.69) is 15.2 Å². The molecule has 0 unspecified atom stereocenters. The molecule has 2 heterocycles. The van der Waals surface area contributed by atoms with Crippen LogP contribution in [0.25, 0.3) is 0 Å². The molecule has 1 aromatic carbocycles. The number of anilines is 2. The Labute approximate surface area is 151 Å². The third-order valence-electron chi connectivity index (χ3n) is 4.23. The van der Waals surface area contributed by atoms with Crippen LogP contribution < -0.4 is 10.2 Å². The highest BCUT2D eigenvalue weighted by Crippen LogP contribution is 2.28. The summed E-state index contributed by atoms with van der Waals surface area (Å²) < 4.78 is 5.35. The van der Waals surface area contributed by atoms with Crippen molar-refractivity contribution in [2.45, 2.75) is 11.7 Å². The lowest BCUT2D eigenvalue weighted by Crippen LogP contribution is -2.36. The molecular formula is C17H22N4O3S. The molecule has 25 heavy (non-hydrogen) atoms. The van der Waals surface area contributed by atoms with Gasteiger partial charge >= 0.3 is 0 Å². The third kappa shape index (κ3) is 4.13. The van der Waals surface area contributed by atoms with Crippen LogP contribution >= 0.6 is 11.8 Å². The smallest absolute Gasteiger partial charge is 0.242 e. The number of hydrogen-bond acceptors (Lipinski definition) is 6. The Bertz CT molecular complexity index is 671.